The Morgan fingerprint density at radius 3 is 2.32 bits per heavy atom. The van der Waals surface area contributed by atoms with Gasteiger partial charge in [-0.3, -0.25) is 9.59 Å². The summed E-state index contributed by atoms with van der Waals surface area (Å²) in [6.45, 7) is 2.48. The minimum atomic E-state index is -0.0393. The van der Waals surface area contributed by atoms with E-state index < -0.39 is 0 Å². The molecule has 1 aromatic heterocycles. The highest BCUT2D eigenvalue weighted by Gasteiger charge is 2.22. The molecule has 1 aliphatic rings. The van der Waals surface area contributed by atoms with Gasteiger partial charge >= 0.3 is 0 Å². The van der Waals surface area contributed by atoms with Gasteiger partial charge in [0.15, 0.2) is 6.61 Å². The Labute approximate surface area is 147 Å². The van der Waals surface area contributed by atoms with Crippen molar-refractivity contribution >= 4 is 11.8 Å². The van der Waals surface area contributed by atoms with Crippen LogP contribution >= 0.6 is 0 Å². The van der Waals surface area contributed by atoms with Crippen LogP contribution in [0.4, 0.5) is 0 Å². The average molecular weight is 341 g/mol. The SMILES string of the molecule is O=C(COc1ccccc1)N1CCCN(C(=O)Cc2ccc[nH]2)CC1. The summed E-state index contributed by atoms with van der Waals surface area (Å²) in [6, 6.07) is 13.1. The first kappa shape index (κ1) is 17.1. The monoisotopic (exact) mass is 341 g/mol. The number of rotatable bonds is 5. The topological polar surface area (TPSA) is 65.6 Å². The van der Waals surface area contributed by atoms with Crippen molar-refractivity contribution in [1.29, 1.82) is 0 Å². The van der Waals surface area contributed by atoms with Crippen LogP contribution in [-0.4, -0.2) is 59.4 Å². The van der Waals surface area contributed by atoms with Crippen LogP contribution in [0.15, 0.2) is 48.7 Å². The van der Waals surface area contributed by atoms with E-state index in [4.69, 9.17) is 4.74 Å². The second-order valence-corrected chi connectivity index (χ2v) is 6.09. The first-order valence-electron chi connectivity index (χ1n) is 8.58. The first-order valence-corrected chi connectivity index (χ1v) is 8.58. The molecule has 3 rings (SSSR count). The third-order valence-electron chi connectivity index (χ3n) is 4.31. The van der Waals surface area contributed by atoms with Crippen LogP contribution in [0.2, 0.25) is 0 Å². The van der Waals surface area contributed by atoms with E-state index in [1.807, 2.05) is 53.6 Å². The maximum absolute atomic E-state index is 12.4. The molecule has 1 N–H and O–H groups in total. The molecule has 2 heterocycles. The zero-order valence-corrected chi connectivity index (χ0v) is 14.2. The van der Waals surface area contributed by atoms with E-state index in [1.54, 1.807) is 4.90 Å². The molecule has 6 nitrogen and oxygen atoms in total. The van der Waals surface area contributed by atoms with E-state index >= 15 is 0 Å². The molecule has 1 fully saturated rings. The molecule has 0 atom stereocenters. The van der Waals surface area contributed by atoms with E-state index in [0.717, 1.165) is 12.1 Å². The summed E-state index contributed by atoms with van der Waals surface area (Å²) in [5, 5.41) is 0. The lowest BCUT2D eigenvalue weighted by Gasteiger charge is -2.22. The zero-order valence-electron chi connectivity index (χ0n) is 14.2. The summed E-state index contributed by atoms with van der Waals surface area (Å²) in [5.74, 6) is 0.744. The van der Waals surface area contributed by atoms with Crippen LogP contribution in [0.1, 0.15) is 12.1 Å². The van der Waals surface area contributed by atoms with Crippen molar-refractivity contribution < 1.29 is 14.3 Å². The van der Waals surface area contributed by atoms with Crippen molar-refractivity contribution in [1.82, 2.24) is 14.8 Å². The van der Waals surface area contributed by atoms with Gasteiger partial charge in [0, 0.05) is 38.1 Å². The lowest BCUT2D eigenvalue weighted by Crippen LogP contribution is -2.39. The Balaban J connectivity index is 1.47. The summed E-state index contributed by atoms with van der Waals surface area (Å²) >= 11 is 0. The van der Waals surface area contributed by atoms with Crippen molar-refractivity contribution in [3.63, 3.8) is 0 Å². The maximum atomic E-state index is 12.4. The summed E-state index contributed by atoms with van der Waals surface area (Å²) in [7, 11) is 0. The van der Waals surface area contributed by atoms with E-state index in [9.17, 15) is 9.59 Å². The Kier molecular flexibility index (Phi) is 5.72. The Morgan fingerprint density at radius 2 is 1.64 bits per heavy atom. The quantitative estimate of drug-likeness (QED) is 0.900. The first-order chi connectivity index (χ1) is 12.2. The summed E-state index contributed by atoms with van der Waals surface area (Å²) < 4.78 is 5.53. The molecule has 0 unspecified atom stereocenters. The predicted molar refractivity (Wildman–Crippen MR) is 94.2 cm³/mol. The number of hydrogen-bond acceptors (Lipinski definition) is 3. The molecule has 0 aliphatic carbocycles. The fourth-order valence-electron chi connectivity index (χ4n) is 2.92. The fraction of sp³-hybridized carbons (Fsp3) is 0.368. The van der Waals surface area contributed by atoms with Crippen LogP contribution in [0.5, 0.6) is 5.75 Å². The van der Waals surface area contributed by atoms with Crippen molar-refractivity contribution in [3.05, 3.63) is 54.4 Å². The van der Waals surface area contributed by atoms with Crippen molar-refractivity contribution in [3.8, 4) is 5.75 Å². The number of carbonyl (C=O) groups excluding carboxylic acids is 2. The van der Waals surface area contributed by atoms with Gasteiger partial charge in [0.2, 0.25) is 5.91 Å². The number of aromatic amines is 1. The van der Waals surface area contributed by atoms with E-state index in [2.05, 4.69) is 4.98 Å². The van der Waals surface area contributed by atoms with Gasteiger partial charge in [0.25, 0.3) is 5.91 Å². The molecular weight excluding hydrogens is 318 g/mol. The van der Waals surface area contributed by atoms with Crippen LogP contribution in [0.25, 0.3) is 0 Å². The van der Waals surface area contributed by atoms with Gasteiger partial charge in [-0.2, -0.15) is 0 Å². The van der Waals surface area contributed by atoms with Crippen LogP contribution < -0.4 is 4.74 Å². The average Bonchev–Trinajstić information content (AvgIpc) is 3.01. The second kappa shape index (κ2) is 8.37. The molecular formula is C19H23N3O3. The molecule has 0 saturated carbocycles. The van der Waals surface area contributed by atoms with Gasteiger partial charge in [-0.25, -0.2) is 0 Å². The summed E-state index contributed by atoms with van der Waals surface area (Å²) in [5.41, 5.74) is 0.915. The van der Waals surface area contributed by atoms with Crippen molar-refractivity contribution in [2.24, 2.45) is 0 Å². The van der Waals surface area contributed by atoms with Crippen LogP contribution in [0.3, 0.4) is 0 Å². The molecule has 1 aromatic carbocycles. The lowest BCUT2D eigenvalue weighted by atomic mass is 10.2. The van der Waals surface area contributed by atoms with Gasteiger partial charge in [0.05, 0.1) is 6.42 Å². The number of nitrogens with one attached hydrogen (secondary N) is 1. The highest BCUT2D eigenvalue weighted by Crippen LogP contribution is 2.10. The Bertz CT molecular complexity index is 685. The number of amides is 2. The Morgan fingerprint density at radius 1 is 0.920 bits per heavy atom. The molecule has 0 spiro atoms. The summed E-state index contributed by atoms with van der Waals surface area (Å²) in [4.78, 5) is 31.4. The van der Waals surface area contributed by atoms with E-state index in [-0.39, 0.29) is 18.4 Å². The van der Waals surface area contributed by atoms with Crippen molar-refractivity contribution in [2.45, 2.75) is 12.8 Å². The van der Waals surface area contributed by atoms with Gasteiger partial charge in [-0.05, 0) is 30.7 Å². The van der Waals surface area contributed by atoms with E-state index in [0.29, 0.717) is 38.3 Å². The number of aromatic nitrogens is 1. The van der Waals surface area contributed by atoms with Gasteiger partial charge in [-0.1, -0.05) is 18.2 Å². The summed E-state index contributed by atoms with van der Waals surface area (Å²) in [6.07, 6.45) is 2.98. The van der Waals surface area contributed by atoms with Gasteiger partial charge in [-0.15, -0.1) is 0 Å². The highest BCUT2D eigenvalue weighted by atomic mass is 16.5. The third kappa shape index (κ3) is 4.86. The van der Waals surface area contributed by atoms with Crippen molar-refractivity contribution in [2.75, 3.05) is 32.8 Å². The van der Waals surface area contributed by atoms with E-state index in [1.165, 1.54) is 0 Å². The number of nitrogens with zero attached hydrogens (tertiary/aromatic N) is 2. The predicted octanol–water partition coefficient (Wildman–Crippen LogP) is 1.70. The van der Waals surface area contributed by atoms with Gasteiger partial charge in [0.1, 0.15) is 5.75 Å². The number of ether oxygens (including phenoxy) is 1. The minimum absolute atomic E-state index is 0.0282. The largest absolute Gasteiger partial charge is 0.484 e. The second-order valence-electron chi connectivity index (χ2n) is 6.09. The molecule has 2 amide bonds. The maximum Gasteiger partial charge on any atom is 0.260 e. The number of para-hydroxylation sites is 1. The fourth-order valence-corrected chi connectivity index (χ4v) is 2.92. The normalized spacial score (nSPS) is 14.9. The molecule has 2 aromatic rings. The smallest absolute Gasteiger partial charge is 0.260 e. The van der Waals surface area contributed by atoms with Gasteiger partial charge < -0.3 is 19.5 Å². The lowest BCUT2D eigenvalue weighted by molar-refractivity contribution is -0.134. The Hall–Kier alpha value is -2.76. The van der Waals surface area contributed by atoms with Crippen LogP contribution in [0, 0.1) is 0 Å². The molecule has 0 bridgehead atoms. The molecule has 1 aliphatic heterocycles. The standard InChI is InChI=1S/C19H23N3O3/c23-18(14-16-6-4-9-20-16)21-10-5-11-22(13-12-21)19(24)15-25-17-7-2-1-3-8-17/h1-4,6-9,20H,5,10-15H2. The zero-order chi connectivity index (χ0) is 17.5. The number of H-pyrrole nitrogens is 1. The molecule has 1 saturated heterocycles. The molecule has 0 radical (unpaired) electrons. The van der Waals surface area contributed by atoms with Crippen LogP contribution in [-0.2, 0) is 16.0 Å². The molecule has 132 valence electrons. The molecule has 6 heteroatoms. The number of benzene rings is 1. The number of hydrogen-bond donors (Lipinski definition) is 1. The number of carbonyl (C=O) groups is 2. The molecule has 25 heavy (non-hydrogen) atoms. The third-order valence-corrected chi connectivity index (χ3v) is 4.31. The highest BCUT2D eigenvalue weighted by molar-refractivity contribution is 5.79. The minimum Gasteiger partial charge on any atom is -0.484 e.